The van der Waals surface area contributed by atoms with Crippen LogP contribution in [-0.4, -0.2) is 30.1 Å². The fourth-order valence-corrected chi connectivity index (χ4v) is 5.05. The van der Waals surface area contributed by atoms with Crippen molar-refractivity contribution in [2.24, 2.45) is 28.8 Å². The average molecular weight is 451 g/mol. The summed E-state index contributed by atoms with van der Waals surface area (Å²) in [7, 11) is 1.56. The topological polar surface area (TPSA) is 68.2 Å². The number of ether oxygens (including phenoxy) is 2. The molecule has 2 bridgehead atoms. The molecule has 2 amide bonds. The second-order valence-corrected chi connectivity index (χ2v) is 8.84. The molecule has 1 saturated heterocycles. The number of fused-ring (bicyclic) bond motifs is 1. The van der Waals surface area contributed by atoms with Gasteiger partial charge in [0.15, 0.2) is 11.5 Å². The normalized spacial score (nSPS) is 26.1. The van der Waals surface area contributed by atoms with Crippen molar-refractivity contribution in [2.75, 3.05) is 7.11 Å². The first-order chi connectivity index (χ1) is 15.5. The Kier molecular flexibility index (Phi) is 5.47. The van der Waals surface area contributed by atoms with Crippen molar-refractivity contribution in [1.82, 2.24) is 5.01 Å². The molecule has 6 rings (SSSR count). The Morgan fingerprint density at radius 1 is 1.00 bits per heavy atom. The van der Waals surface area contributed by atoms with E-state index in [9.17, 15) is 9.59 Å². The van der Waals surface area contributed by atoms with E-state index in [1.807, 2.05) is 30.3 Å². The van der Waals surface area contributed by atoms with Gasteiger partial charge in [-0.1, -0.05) is 35.9 Å². The first kappa shape index (κ1) is 20.8. The van der Waals surface area contributed by atoms with E-state index in [4.69, 9.17) is 21.1 Å². The van der Waals surface area contributed by atoms with Crippen molar-refractivity contribution in [3.8, 4) is 11.5 Å². The maximum absolute atomic E-state index is 12.9. The van der Waals surface area contributed by atoms with Crippen LogP contribution in [0, 0.1) is 23.7 Å². The van der Waals surface area contributed by atoms with Crippen LogP contribution >= 0.6 is 11.6 Å². The molecule has 0 N–H and O–H groups in total. The van der Waals surface area contributed by atoms with E-state index in [0.717, 1.165) is 23.4 Å². The molecule has 0 spiro atoms. The number of imide groups is 1. The van der Waals surface area contributed by atoms with Crippen LogP contribution in [0.2, 0.25) is 5.02 Å². The minimum atomic E-state index is -0.262. The highest BCUT2D eigenvalue weighted by Gasteiger charge is 2.56. The second-order valence-electron chi connectivity index (χ2n) is 8.40. The molecule has 4 atom stereocenters. The van der Waals surface area contributed by atoms with Crippen molar-refractivity contribution in [2.45, 2.75) is 19.4 Å². The summed E-state index contributed by atoms with van der Waals surface area (Å²) in [5, 5.41) is 5.99. The van der Waals surface area contributed by atoms with Gasteiger partial charge in [0, 0.05) is 5.02 Å². The second kappa shape index (κ2) is 8.43. The number of hydrazone groups is 1. The number of amides is 2. The van der Waals surface area contributed by atoms with E-state index in [0.29, 0.717) is 28.7 Å². The Labute approximate surface area is 191 Å². The highest BCUT2D eigenvalue weighted by Crippen LogP contribution is 2.49. The van der Waals surface area contributed by atoms with Gasteiger partial charge < -0.3 is 9.47 Å². The summed E-state index contributed by atoms with van der Waals surface area (Å²) < 4.78 is 11.3. The van der Waals surface area contributed by atoms with Crippen molar-refractivity contribution >= 4 is 29.6 Å². The summed E-state index contributed by atoms with van der Waals surface area (Å²) in [6.07, 6.45) is 7.65. The molecule has 0 radical (unpaired) electrons. The summed E-state index contributed by atoms with van der Waals surface area (Å²) >= 11 is 5.92. The molecule has 1 aliphatic heterocycles. The predicted molar refractivity (Wildman–Crippen MR) is 121 cm³/mol. The average Bonchev–Trinajstić information content (AvgIpc) is 3.10. The zero-order valence-electron chi connectivity index (χ0n) is 17.6. The zero-order chi connectivity index (χ0) is 22.2. The Hall–Kier alpha value is -3.12. The van der Waals surface area contributed by atoms with Gasteiger partial charge in [0.25, 0.3) is 11.8 Å². The fourth-order valence-electron chi connectivity index (χ4n) is 4.92. The molecule has 164 valence electrons. The van der Waals surface area contributed by atoms with Crippen LogP contribution in [0.3, 0.4) is 0 Å². The molecule has 2 fully saturated rings. The number of nitrogens with zero attached hydrogens (tertiary/aromatic N) is 2. The summed E-state index contributed by atoms with van der Waals surface area (Å²) in [5.74, 6) is 0.524. The Balaban J connectivity index is 1.30. The molecule has 1 saturated carbocycles. The van der Waals surface area contributed by atoms with Crippen molar-refractivity contribution in [3.05, 3.63) is 70.8 Å². The first-order valence-corrected chi connectivity index (χ1v) is 11.1. The maximum atomic E-state index is 12.9. The lowest BCUT2D eigenvalue weighted by Gasteiger charge is -2.37. The van der Waals surface area contributed by atoms with Crippen LogP contribution in [0.5, 0.6) is 11.5 Å². The van der Waals surface area contributed by atoms with Crippen LogP contribution in [0.1, 0.15) is 24.0 Å². The Bertz CT molecular complexity index is 1080. The van der Waals surface area contributed by atoms with E-state index >= 15 is 0 Å². The number of rotatable bonds is 6. The Morgan fingerprint density at radius 3 is 2.25 bits per heavy atom. The Morgan fingerprint density at radius 2 is 1.66 bits per heavy atom. The smallest absolute Gasteiger partial charge is 0.254 e. The van der Waals surface area contributed by atoms with E-state index < -0.39 is 0 Å². The van der Waals surface area contributed by atoms with E-state index in [1.54, 1.807) is 19.2 Å². The van der Waals surface area contributed by atoms with Gasteiger partial charge in [-0.2, -0.15) is 10.1 Å². The number of allylic oxidation sites excluding steroid dienone is 2. The van der Waals surface area contributed by atoms with Crippen LogP contribution < -0.4 is 9.47 Å². The van der Waals surface area contributed by atoms with Crippen molar-refractivity contribution in [3.63, 3.8) is 0 Å². The number of halogens is 1. The first-order valence-electron chi connectivity index (χ1n) is 10.7. The van der Waals surface area contributed by atoms with Gasteiger partial charge in [0.05, 0.1) is 25.2 Å². The van der Waals surface area contributed by atoms with Gasteiger partial charge in [-0.25, -0.2) is 0 Å². The highest BCUT2D eigenvalue weighted by atomic mass is 35.5. The fraction of sp³-hybridized carbons (Fsp3) is 0.320. The SMILES string of the molecule is COc1cc(/C=N\N2C(=O)[C@@H]3[C@@H](C2=O)[C@@H]2C=C[C@@H]3CC2)ccc1OCc1ccc(Cl)cc1. The lowest BCUT2D eigenvalue weighted by molar-refractivity contribution is -0.140. The number of methoxy groups -OCH3 is 1. The molecule has 4 aliphatic rings. The standard InChI is InChI=1S/C25H23ClN2O4/c1-31-21-12-16(4-11-20(21)32-14-15-2-9-19(26)10-3-15)13-27-28-24(29)22-17-5-6-18(8-7-17)23(22)25(28)30/h2-6,9-13,17-18,22-23H,7-8,14H2,1H3/b27-13-/t17-,18-,22+,23+/m1/s1. The van der Waals surface area contributed by atoms with Gasteiger partial charge in [0.1, 0.15) is 6.61 Å². The quantitative estimate of drug-likeness (QED) is 0.370. The maximum Gasteiger partial charge on any atom is 0.254 e. The zero-order valence-corrected chi connectivity index (χ0v) is 18.4. The van der Waals surface area contributed by atoms with Crippen molar-refractivity contribution in [1.29, 1.82) is 0 Å². The molecule has 2 aromatic carbocycles. The van der Waals surface area contributed by atoms with E-state index in [-0.39, 0.29) is 35.5 Å². The lowest BCUT2D eigenvalue weighted by atomic mass is 9.63. The van der Waals surface area contributed by atoms with Gasteiger partial charge in [-0.3, -0.25) is 9.59 Å². The molecule has 3 aliphatic carbocycles. The third-order valence-corrected chi connectivity index (χ3v) is 6.81. The largest absolute Gasteiger partial charge is 0.493 e. The summed E-state index contributed by atoms with van der Waals surface area (Å²) in [5.41, 5.74) is 1.69. The van der Waals surface area contributed by atoms with Crippen LogP contribution in [-0.2, 0) is 16.2 Å². The van der Waals surface area contributed by atoms with Crippen LogP contribution in [0.4, 0.5) is 0 Å². The number of carbonyl (C=O) groups is 2. The predicted octanol–water partition coefficient (Wildman–Crippen LogP) is 4.46. The number of hydrogen-bond acceptors (Lipinski definition) is 5. The summed E-state index contributed by atoms with van der Waals surface area (Å²) in [4.78, 5) is 25.8. The van der Waals surface area contributed by atoms with Gasteiger partial charge in [0.2, 0.25) is 0 Å². The number of benzene rings is 2. The highest BCUT2D eigenvalue weighted by molar-refractivity contribution is 6.30. The molecule has 6 nitrogen and oxygen atoms in total. The molecule has 32 heavy (non-hydrogen) atoms. The van der Waals surface area contributed by atoms with Gasteiger partial charge in [-0.05, 0) is 66.1 Å². The molecule has 7 heteroatoms. The third kappa shape index (κ3) is 3.69. The third-order valence-electron chi connectivity index (χ3n) is 6.55. The minimum Gasteiger partial charge on any atom is -0.493 e. The molecule has 0 unspecified atom stereocenters. The van der Waals surface area contributed by atoms with E-state index in [1.165, 1.54) is 6.21 Å². The number of carbonyl (C=O) groups excluding carboxylic acids is 2. The molecular formula is C25H23ClN2O4. The summed E-state index contributed by atoms with van der Waals surface area (Å²) in [6, 6.07) is 12.8. The van der Waals surface area contributed by atoms with Gasteiger partial charge >= 0.3 is 0 Å². The monoisotopic (exact) mass is 450 g/mol. The lowest BCUT2D eigenvalue weighted by Crippen LogP contribution is -2.38. The molecular weight excluding hydrogens is 428 g/mol. The van der Waals surface area contributed by atoms with Crippen LogP contribution in [0.15, 0.2) is 59.7 Å². The molecule has 1 heterocycles. The molecule has 2 aromatic rings. The number of hydrogen-bond donors (Lipinski definition) is 0. The van der Waals surface area contributed by atoms with Crippen LogP contribution in [0.25, 0.3) is 0 Å². The molecule has 0 aromatic heterocycles. The minimum absolute atomic E-state index is 0.152. The van der Waals surface area contributed by atoms with Crippen molar-refractivity contribution < 1.29 is 19.1 Å². The van der Waals surface area contributed by atoms with E-state index in [2.05, 4.69) is 17.3 Å². The van der Waals surface area contributed by atoms with Gasteiger partial charge in [-0.15, -0.1) is 0 Å². The summed E-state index contributed by atoms with van der Waals surface area (Å²) in [6.45, 7) is 0.372.